The summed E-state index contributed by atoms with van der Waals surface area (Å²) in [6, 6.07) is 10.9. The molecule has 3 heteroatoms. The minimum Gasteiger partial charge on any atom is -0.373 e. The highest BCUT2D eigenvalue weighted by Gasteiger charge is 1.99. The zero-order valence-corrected chi connectivity index (χ0v) is 12.6. The lowest BCUT2D eigenvalue weighted by Crippen LogP contribution is -1.93. The molecule has 0 atom stereocenters. The van der Waals surface area contributed by atoms with Crippen LogP contribution in [0.5, 0.6) is 0 Å². The summed E-state index contributed by atoms with van der Waals surface area (Å²) in [5.41, 5.74) is 5.41. The van der Waals surface area contributed by atoms with E-state index in [0.717, 1.165) is 17.3 Å². The van der Waals surface area contributed by atoms with Crippen LogP contribution in [0, 0.1) is 13.8 Å². The zero-order chi connectivity index (χ0) is 13.7. The van der Waals surface area contributed by atoms with Gasteiger partial charge in [0.05, 0.1) is 0 Å². The molecule has 1 aromatic heterocycles. The summed E-state index contributed by atoms with van der Waals surface area (Å²) in [6.45, 7) is 4.31. The van der Waals surface area contributed by atoms with E-state index in [1.54, 1.807) is 0 Å². The fourth-order valence-electron chi connectivity index (χ4n) is 2.14. The van der Waals surface area contributed by atoms with Crippen molar-refractivity contribution in [3.05, 3.63) is 58.8 Å². The number of benzene rings is 1. The SMILES string of the molecule is CNc1cc(CSCc2cc(C)cc(C)c2)ccn1. The van der Waals surface area contributed by atoms with Gasteiger partial charge in [-0.15, -0.1) is 0 Å². The molecule has 0 bridgehead atoms. The Morgan fingerprint density at radius 2 is 1.68 bits per heavy atom. The second kappa shape index (κ2) is 6.62. The predicted octanol–water partition coefficient (Wildman–Crippen LogP) is 4.17. The van der Waals surface area contributed by atoms with Crippen molar-refractivity contribution in [3.63, 3.8) is 0 Å². The van der Waals surface area contributed by atoms with Crippen LogP contribution >= 0.6 is 11.8 Å². The average Bonchev–Trinajstić information content (AvgIpc) is 2.38. The zero-order valence-electron chi connectivity index (χ0n) is 11.7. The number of aromatic nitrogens is 1. The molecule has 0 aliphatic carbocycles. The summed E-state index contributed by atoms with van der Waals surface area (Å²) in [5.74, 6) is 3.01. The van der Waals surface area contributed by atoms with Gasteiger partial charge in [0.1, 0.15) is 5.82 Å². The lowest BCUT2D eigenvalue weighted by molar-refractivity contribution is 1.24. The van der Waals surface area contributed by atoms with Crippen LogP contribution in [0.25, 0.3) is 0 Å². The number of nitrogens with zero attached hydrogens (tertiary/aromatic N) is 1. The summed E-state index contributed by atoms with van der Waals surface area (Å²) < 4.78 is 0. The number of aryl methyl sites for hydroxylation is 2. The van der Waals surface area contributed by atoms with Crippen molar-refractivity contribution in [1.29, 1.82) is 0 Å². The Hall–Kier alpha value is -1.48. The molecule has 1 N–H and O–H groups in total. The Kier molecular flexibility index (Phi) is 4.86. The summed E-state index contributed by atoms with van der Waals surface area (Å²) in [7, 11) is 1.90. The third-order valence-electron chi connectivity index (χ3n) is 2.90. The van der Waals surface area contributed by atoms with Crippen LogP contribution in [-0.4, -0.2) is 12.0 Å². The molecule has 0 spiro atoms. The van der Waals surface area contributed by atoms with Crippen LogP contribution in [0.1, 0.15) is 22.3 Å². The predicted molar refractivity (Wildman–Crippen MR) is 84.7 cm³/mol. The number of hydrogen-bond donors (Lipinski definition) is 1. The molecular weight excluding hydrogens is 252 g/mol. The molecule has 19 heavy (non-hydrogen) atoms. The van der Waals surface area contributed by atoms with Crippen LogP contribution in [-0.2, 0) is 11.5 Å². The lowest BCUT2D eigenvalue weighted by atomic mass is 10.1. The van der Waals surface area contributed by atoms with Crippen LogP contribution in [0.3, 0.4) is 0 Å². The standard InChI is InChI=1S/C16H20N2S/c1-12-6-13(2)8-15(7-12)11-19-10-14-4-5-18-16(9-14)17-3/h4-9H,10-11H2,1-3H3,(H,17,18). The van der Waals surface area contributed by atoms with Gasteiger partial charge in [-0.25, -0.2) is 4.98 Å². The third-order valence-corrected chi connectivity index (χ3v) is 3.97. The number of nitrogens with one attached hydrogen (secondary N) is 1. The summed E-state index contributed by atoms with van der Waals surface area (Å²) >= 11 is 1.94. The van der Waals surface area contributed by atoms with Gasteiger partial charge in [-0.2, -0.15) is 11.8 Å². The van der Waals surface area contributed by atoms with Crippen LogP contribution in [0.15, 0.2) is 36.5 Å². The van der Waals surface area contributed by atoms with E-state index >= 15 is 0 Å². The first-order valence-electron chi connectivity index (χ1n) is 6.45. The number of rotatable bonds is 5. The first-order chi connectivity index (χ1) is 9.17. The first kappa shape index (κ1) is 13.9. The first-order valence-corrected chi connectivity index (χ1v) is 7.60. The Labute approximate surface area is 119 Å². The fourth-order valence-corrected chi connectivity index (χ4v) is 3.06. The van der Waals surface area contributed by atoms with Crippen LogP contribution < -0.4 is 5.32 Å². The summed E-state index contributed by atoms with van der Waals surface area (Å²) in [4.78, 5) is 4.23. The van der Waals surface area contributed by atoms with E-state index in [1.165, 1.54) is 22.3 Å². The maximum absolute atomic E-state index is 4.23. The van der Waals surface area contributed by atoms with Gasteiger partial charge in [-0.1, -0.05) is 29.3 Å². The van der Waals surface area contributed by atoms with Gasteiger partial charge >= 0.3 is 0 Å². The molecule has 1 aromatic carbocycles. The Bertz CT molecular complexity index is 532. The molecule has 0 saturated heterocycles. The van der Waals surface area contributed by atoms with Gasteiger partial charge in [0.15, 0.2) is 0 Å². The molecule has 0 amide bonds. The molecule has 0 fully saturated rings. The minimum absolute atomic E-state index is 0.935. The maximum Gasteiger partial charge on any atom is 0.125 e. The second-order valence-electron chi connectivity index (χ2n) is 4.79. The highest BCUT2D eigenvalue weighted by atomic mass is 32.2. The molecule has 1 heterocycles. The Morgan fingerprint density at radius 1 is 1.00 bits per heavy atom. The molecule has 0 unspecified atom stereocenters. The number of hydrogen-bond acceptors (Lipinski definition) is 3. The van der Waals surface area contributed by atoms with Crippen molar-refractivity contribution in [2.75, 3.05) is 12.4 Å². The molecular formula is C16H20N2S. The van der Waals surface area contributed by atoms with Gasteiger partial charge in [0, 0.05) is 24.8 Å². The molecule has 0 aliphatic rings. The van der Waals surface area contributed by atoms with Crippen molar-refractivity contribution in [3.8, 4) is 0 Å². The van der Waals surface area contributed by atoms with Crippen molar-refractivity contribution in [2.24, 2.45) is 0 Å². The smallest absolute Gasteiger partial charge is 0.125 e. The molecule has 100 valence electrons. The number of thioether (sulfide) groups is 1. The maximum atomic E-state index is 4.23. The number of anilines is 1. The highest BCUT2D eigenvalue weighted by molar-refractivity contribution is 7.97. The molecule has 2 aromatic rings. The van der Waals surface area contributed by atoms with Crippen LogP contribution in [0.2, 0.25) is 0 Å². The summed E-state index contributed by atoms with van der Waals surface area (Å²) in [5, 5.41) is 3.07. The van der Waals surface area contributed by atoms with Gasteiger partial charge < -0.3 is 5.32 Å². The quantitative estimate of drug-likeness (QED) is 0.884. The second-order valence-corrected chi connectivity index (χ2v) is 5.77. The van der Waals surface area contributed by atoms with Gasteiger partial charge in [-0.3, -0.25) is 0 Å². The Morgan fingerprint density at radius 3 is 2.37 bits per heavy atom. The van der Waals surface area contributed by atoms with E-state index in [-0.39, 0.29) is 0 Å². The third kappa shape index (κ3) is 4.28. The molecule has 0 radical (unpaired) electrons. The average molecular weight is 272 g/mol. The normalized spacial score (nSPS) is 10.5. The lowest BCUT2D eigenvalue weighted by Gasteiger charge is -2.06. The monoisotopic (exact) mass is 272 g/mol. The summed E-state index contributed by atoms with van der Waals surface area (Å²) in [6.07, 6.45) is 1.86. The topological polar surface area (TPSA) is 24.9 Å². The fraction of sp³-hybridized carbons (Fsp3) is 0.312. The molecule has 2 rings (SSSR count). The van der Waals surface area contributed by atoms with E-state index < -0.39 is 0 Å². The van der Waals surface area contributed by atoms with E-state index in [9.17, 15) is 0 Å². The van der Waals surface area contributed by atoms with E-state index in [0.29, 0.717) is 0 Å². The molecule has 0 aliphatic heterocycles. The van der Waals surface area contributed by atoms with Crippen molar-refractivity contribution in [2.45, 2.75) is 25.4 Å². The van der Waals surface area contributed by atoms with E-state index in [1.807, 2.05) is 25.0 Å². The van der Waals surface area contributed by atoms with E-state index in [4.69, 9.17) is 0 Å². The van der Waals surface area contributed by atoms with Gasteiger partial charge in [0.2, 0.25) is 0 Å². The van der Waals surface area contributed by atoms with Crippen molar-refractivity contribution < 1.29 is 0 Å². The van der Waals surface area contributed by atoms with Crippen molar-refractivity contribution >= 4 is 17.6 Å². The largest absolute Gasteiger partial charge is 0.373 e. The van der Waals surface area contributed by atoms with Crippen LogP contribution in [0.4, 0.5) is 5.82 Å². The van der Waals surface area contributed by atoms with Crippen molar-refractivity contribution in [1.82, 2.24) is 4.98 Å². The minimum atomic E-state index is 0.935. The number of pyridine rings is 1. The molecule has 0 saturated carbocycles. The molecule has 2 nitrogen and oxygen atoms in total. The van der Waals surface area contributed by atoms with Gasteiger partial charge in [-0.05, 0) is 37.1 Å². The highest BCUT2D eigenvalue weighted by Crippen LogP contribution is 2.20. The van der Waals surface area contributed by atoms with Gasteiger partial charge in [0.25, 0.3) is 0 Å². The Balaban J connectivity index is 1.92. The van der Waals surface area contributed by atoms with E-state index in [2.05, 4.69) is 54.5 Å².